The van der Waals surface area contributed by atoms with Crippen LogP contribution in [-0.2, 0) is 0 Å². The lowest BCUT2D eigenvalue weighted by atomic mass is 10.2. The van der Waals surface area contributed by atoms with Gasteiger partial charge in [0, 0.05) is 15.6 Å². The molecule has 116 valence electrons. The highest BCUT2D eigenvalue weighted by atomic mass is 35.5. The van der Waals surface area contributed by atoms with E-state index in [9.17, 15) is 0 Å². The minimum absolute atomic E-state index is 0.515. The summed E-state index contributed by atoms with van der Waals surface area (Å²) in [6, 6.07) is 15.6. The molecule has 3 N–H and O–H groups in total. The third-order valence-electron chi connectivity index (χ3n) is 3.33. The molecular weight excluding hydrogens is 328 g/mol. The fourth-order valence-electron chi connectivity index (χ4n) is 2.03. The summed E-state index contributed by atoms with van der Waals surface area (Å²) in [7, 11) is 0. The Bertz CT molecular complexity index is 824. The topological polar surface area (TPSA) is 63.8 Å². The van der Waals surface area contributed by atoms with Crippen molar-refractivity contribution in [3.8, 4) is 0 Å². The van der Waals surface area contributed by atoms with Gasteiger partial charge >= 0.3 is 0 Å². The van der Waals surface area contributed by atoms with Crippen molar-refractivity contribution in [3.05, 3.63) is 65.4 Å². The van der Waals surface area contributed by atoms with E-state index >= 15 is 0 Å². The molecule has 0 bridgehead atoms. The van der Waals surface area contributed by atoms with Gasteiger partial charge in [0.15, 0.2) is 5.82 Å². The van der Waals surface area contributed by atoms with Gasteiger partial charge in [0.05, 0.1) is 0 Å². The molecule has 1 heterocycles. The maximum absolute atomic E-state index is 6.23. The Morgan fingerprint density at radius 3 is 2.61 bits per heavy atom. The van der Waals surface area contributed by atoms with Gasteiger partial charge in [-0.3, -0.25) is 0 Å². The summed E-state index contributed by atoms with van der Waals surface area (Å²) in [6.45, 7) is 1.95. The van der Waals surface area contributed by atoms with Gasteiger partial charge in [0.25, 0.3) is 0 Å². The second-order valence-electron chi connectivity index (χ2n) is 4.89. The molecule has 3 rings (SSSR count). The Kier molecular flexibility index (Phi) is 4.69. The van der Waals surface area contributed by atoms with Crippen molar-refractivity contribution in [2.45, 2.75) is 16.8 Å². The molecule has 1 aromatic heterocycles. The zero-order valence-corrected chi connectivity index (χ0v) is 14.0. The van der Waals surface area contributed by atoms with Crippen LogP contribution in [-0.4, -0.2) is 9.97 Å². The molecule has 4 nitrogen and oxygen atoms in total. The second-order valence-corrected chi connectivity index (χ2v) is 6.36. The highest BCUT2D eigenvalue weighted by Crippen LogP contribution is 2.34. The normalized spacial score (nSPS) is 10.5. The van der Waals surface area contributed by atoms with E-state index in [1.165, 1.54) is 18.1 Å². The molecule has 0 aliphatic heterocycles. The van der Waals surface area contributed by atoms with Crippen molar-refractivity contribution in [1.29, 1.82) is 0 Å². The summed E-state index contributed by atoms with van der Waals surface area (Å²) < 4.78 is 0. The number of benzene rings is 2. The van der Waals surface area contributed by atoms with Gasteiger partial charge in [0.1, 0.15) is 17.0 Å². The first kappa shape index (κ1) is 15.6. The Morgan fingerprint density at radius 2 is 1.83 bits per heavy atom. The number of nitrogens with one attached hydrogen (secondary N) is 1. The van der Waals surface area contributed by atoms with Gasteiger partial charge in [0.2, 0.25) is 0 Å². The van der Waals surface area contributed by atoms with E-state index in [1.807, 2.05) is 55.5 Å². The van der Waals surface area contributed by atoms with Crippen LogP contribution < -0.4 is 11.1 Å². The zero-order chi connectivity index (χ0) is 16.2. The number of anilines is 3. The maximum Gasteiger partial charge on any atom is 0.158 e. The fraction of sp³-hybridized carbons (Fsp3) is 0.0588. The second kappa shape index (κ2) is 6.89. The van der Waals surface area contributed by atoms with Crippen LogP contribution in [0.3, 0.4) is 0 Å². The SMILES string of the molecule is Cc1c(Cl)cccc1Nc1ncnc(Sc2ccccc2)c1N. The lowest BCUT2D eigenvalue weighted by Gasteiger charge is -2.13. The average Bonchev–Trinajstić information content (AvgIpc) is 2.56. The van der Waals surface area contributed by atoms with Gasteiger partial charge < -0.3 is 11.1 Å². The van der Waals surface area contributed by atoms with Crippen LogP contribution in [0.15, 0.2) is 64.8 Å². The molecular formula is C17H15ClN4S. The predicted molar refractivity (Wildman–Crippen MR) is 96.5 cm³/mol. The summed E-state index contributed by atoms with van der Waals surface area (Å²) in [5.41, 5.74) is 8.56. The summed E-state index contributed by atoms with van der Waals surface area (Å²) in [4.78, 5) is 9.59. The summed E-state index contributed by atoms with van der Waals surface area (Å²) in [5.74, 6) is 0.573. The van der Waals surface area contributed by atoms with E-state index in [2.05, 4.69) is 15.3 Å². The first-order valence-corrected chi connectivity index (χ1v) is 8.20. The highest BCUT2D eigenvalue weighted by molar-refractivity contribution is 7.99. The zero-order valence-electron chi connectivity index (χ0n) is 12.5. The van der Waals surface area contributed by atoms with Gasteiger partial charge in [-0.1, -0.05) is 47.6 Å². The molecule has 0 atom stereocenters. The van der Waals surface area contributed by atoms with E-state index < -0.39 is 0 Å². The predicted octanol–water partition coefficient (Wildman–Crippen LogP) is 4.92. The largest absolute Gasteiger partial charge is 0.394 e. The first-order valence-electron chi connectivity index (χ1n) is 7.00. The number of nitrogens with zero attached hydrogens (tertiary/aromatic N) is 2. The van der Waals surface area contributed by atoms with E-state index in [-0.39, 0.29) is 0 Å². The molecule has 0 aliphatic rings. The number of hydrogen-bond donors (Lipinski definition) is 2. The molecule has 23 heavy (non-hydrogen) atoms. The van der Waals surface area contributed by atoms with Crippen molar-refractivity contribution in [3.63, 3.8) is 0 Å². The van der Waals surface area contributed by atoms with Crippen molar-refractivity contribution < 1.29 is 0 Å². The molecule has 0 unspecified atom stereocenters. The number of nitrogens with two attached hydrogens (primary N) is 1. The number of rotatable bonds is 4. The third kappa shape index (κ3) is 3.57. The molecule has 0 radical (unpaired) electrons. The molecule has 0 saturated carbocycles. The van der Waals surface area contributed by atoms with Crippen molar-refractivity contribution >= 4 is 40.6 Å². The van der Waals surface area contributed by atoms with E-state index in [1.54, 1.807) is 0 Å². The molecule has 3 aromatic rings. The van der Waals surface area contributed by atoms with Gasteiger partial charge in [-0.15, -0.1) is 0 Å². The quantitative estimate of drug-likeness (QED) is 0.659. The van der Waals surface area contributed by atoms with Crippen molar-refractivity contribution in [2.75, 3.05) is 11.1 Å². The summed E-state index contributed by atoms with van der Waals surface area (Å²) >= 11 is 7.65. The molecule has 0 saturated heterocycles. The Labute approximate surface area is 144 Å². The molecule has 0 fully saturated rings. The Hall–Kier alpha value is -2.24. The number of aromatic nitrogens is 2. The van der Waals surface area contributed by atoms with Crippen LogP contribution in [0.5, 0.6) is 0 Å². The van der Waals surface area contributed by atoms with Gasteiger partial charge in [-0.25, -0.2) is 9.97 Å². The lowest BCUT2D eigenvalue weighted by Crippen LogP contribution is -2.03. The van der Waals surface area contributed by atoms with Crippen LogP contribution in [0.1, 0.15) is 5.56 Å². The van der Waals surface area contributed by atoms with E-state index in [4.69, 9.17) is 17.3 Å². The summed E-state index contributed by atoms with van der Waals surface area (Å²) in [6.07, 6.45) is 1.50. The number of nitrogen functional groups attached to an aromatic ring is 1. The molecule has 0 aliphatic carbocycles. The third-order valence-corrected chi connectivity index (χ3v) is 4.76. The summed E-state index contributed by atoms with van der Waals surface area (Å²) in [5, 5.41) is 4.65. The Morgan fingerprint density at radius 1 is 1.04 bits per heavy atom. The standard InChI is InChI=1S/C17H15ClN4S/c1-11-13(18)8-5-9-14(11)22-16-15(19)17(21-10-20-16)23-12-6-3-2-4-7-12/h2-10H,19H2,1H3,(H,20,21,22). The monoisotopic (exact) mass is 342 g/mol. The van der Waals surface area contributed by atoms with Crippen LogP contribution in [0.4, 0.5) is 17.2 Å². The maximum atomic E-state index is 6.23. The fourth-order valence-corrected chi connectivity index (χ4v) is 3.03. The van der Waals surface area contributed by atoms with E-state index in [0.717, 1.165) is 16.1 Å². The molecule has 6 heteroatoms. The smallest absolute Gasteiger partial charge is 0.158 e. The molecule has 0 spiro atoms. The van der Waals surface area contributed by atoms with Crippen molar-refractivity contribution in [2.24, 2.45) is 0 Å². The van der Waals surface area contributed by atoms with Crippen LogP contribution in [0, 0.1) is 6.92 Å². The van der Waals surface area contributed by atoms with Crippen LogP contribution >= 0.6 is 23.4 Å². The highest BCUT2D eigenvalue weighted by Gasteiger charge is 2.11. The van der Waals surface area contributed by atoms with Crippen LogP contribution in [0.2, 0.25) is 5.02 Å². The Balaban J connectivity index is 1.89. The van der Waals surface area contributed by atoms with Gasteiger partial charge in [-0.2, -0.15) is 0 Å². The molecule has 0 amide bonds. The van der Waals surface area contributed by atoms with Crippen molar-refractivity contribution in [1.82, 2.24) is 9.97 Å². The molecule has 2 aromatic carbocycles. The minimum atomic E-state index is 0.515. The van der Waals surface area contributed by atoms with Crippen LogP contribution in [0.25, 0.3) is 0 Å². The van der Waals surface area contributed by atoms with Gasteiger partial charge in [-0.05, 0) is 36.8 Å². The minimum Gasteiger partial charge on any atom is -0.394 e. The lowest BCUT2D eigenvalue weighted by molar-refractivity contribution is 1.06. The number of halogens is 1. The average molecular weight is 343 g/mol. The number of hydrogen-bond acceptors (Lipinski definition) is 5. The van der Waals surface area contributed by atoms with E-state index in [0.29, 0.717) is 21.6 Å². The first-order chi connectivity index (χ1) is 11.1.